The molecule has 3 nitrogen and oxygen atoms in total. The van der Waals surface area contributed by atoms with Gasteiger partial charge < -0.3 is 10.1 Å². The Morgan fingerprint density at radius 1 is 1.35 bits per heavy atom. The van der Waals surface area contributed by atoms with E-state index in [-0.39, 0.29) is 5.97 Å². The molecule has 92 valence electrons. The Kier molecular flexibility index (Phi) is 3.79. The van der Waals surface area contributed by atoms with Crippen LogP contribution in [0.4, 0.5) is 0 Å². The molecule has 3 heteroatoms. The van der Waals surface area contributed by atoms with Gasteiger partial charge in [-0.3, -0.25) is 0 Å². The average molecular weight is 233 g/mol. The lowest BCUT2D eigenvalue weighted by atomic mass is 9.86. The number of rotatable bonds is 2. The molecule has 0 aromatic heterocycles. The van der Waals surface area contributed by atoms with E-state index < -0.39 is 0 Å². The second-order valence-corrected chi connectivity index (χ2v) is 4.61. The van der Waals surface area contributed by atoms with Crippen LogP contribution in [0.1, 0.15) is 40.2 Å². The number of hydrogen-bond donors (Lipinski definition) is 1. The number of benzene rings is 1. The highest BCUT2D eigenvalue weighted by Gasteiger charge is 2.21. The van der Waals surface area contributed by atoms with Gasteiger partial charge in [-0.15, -0.1) is 0 Å². The molecular formula is C14H19NO2. The highest BCUT2D eigenvalue weighted by atomic mass is 16.5. The van der Waals surface area contributed by atoms with Crippen molar-refractivity contribution in [2.75, 3.05) is 20.2 Å². The molecule has 17 heavy (non-hydrogen) atoms. The zero-order valence-corrected chi connectivity index (χ0v) is 10.5. The summed E-state index contributed by atoms with van der Waals surface area (Å²) < 4.78 is 4.85. The van der Waals surface area contributed by atoms with E-state index in [4.69, 9.17) is 4.74 Å². The minimum Gasteiger partial charge on any atom is -0.465 e. The van der Waals surface area contributed by atoms with E-state index in [2.05, 4.69) is 18.3 Å². The van der Waals surface area contributed by atoms with Crippen molar-refractivity contribution in [3.63, 3.8) is 0 Å². The molecule has 1 aromatic carbocycles. The van der Waals surface area contributed by atoms with E-state index in [1.807, 2.05) is 12.1 Å². The van der Waals surface area contributed by atoms with E-state index in [1.165, 1.54) is 12.7 Å². The van der Waals surface area contributed by atoms with Gasteiger partial charge in [0.1, 0.15) is 0 Å². The fourth-order valence-corrected chi connectivity index (χ4v) is 2.45. The predicted molar refractivity (Wildman–Crippen MR) is 67.4 cm³/mol. The van der Waals surface area contributed by atoms with Crippen LogP contribution in [-0.4, -0.2) is 26.2 Å². The molecule has 1 heterocycles. The fourth-order valence-electron chi connectivity index (χ4n) is 2.45. The largest absolute Gasteiger partial charge is 0.465 e. The minimum atomic E-state index is -0.224. The summed E-state index contributed by atoms with van der Waals surface area (Å²) in [7, 11) is 1.44. The number of carbonyl (C=O) groups is 1. The summed E-state index contributed by atoms with van der Waals surface area (Å²) in [6, 6.07) is 5.98. The molecule has 0 amide bonds. The Bertz CT molecular complexity index is 409. The second kappa shape index (κ2) is 5.32. The van der Waals surface area contributed by atoms with Crippen LogP contribution in [0.3, 0.4) is 0 Å². The van der Waals surface area contributed by atoms with Gasteiger partial charge in [0, 0.05) is 0 Å². The highest BCUT2D eigenvalue weighted by Crippen LogP contribution is 2.29. The van der Waals surface area contributed by atoms with Gasteiger partial charge in [-0.25, -0.2) is 4.79 Å². The lowest BCUT2D eigenvalue weighted by molar-refractivity contribution is 0.0598. The number of hydrogen-bond acceptors (Lipinski definition) is 3. The van der Waals surface area contributed by atoms with Gasteiger partial charge in [0.15, 0.2) is 0 Å². The molecule has 1 N–H and O–H groups in total. The number of piperidine rings is 1. The summed E-state index contributed by atoms with van der Waals surface area (Å²) in [5.41, 5.74) is 3.08. The van der Waals surface area contributed by atoms with E-state index in [1.54, 1.807) is 0 Å². The quantitative estimate of drug-likeness (QED) is 0.796. The zero-order valence-electron chi connectivity index (χ0n) is 10.5. The number of esters is 1. The molecule has 1 aliphatic rings. The van der Waals surface area contributed by atoms with Crippen LogP contribution in [-0.2, 0) is 4.74 Å². The predicted octanol–water partition coefficient (Wildman–Crippen LogP) is 2.25. The van der Waals surface area contributed by atoms with Crippen molar-refractivity contribution in [2.24, 2.45) is 0 Å². The van der Waals surface area contributed by atoms with Crippen molar-refractivity contribution in [3.8, 4) is 0 Å². The molecule has 0 spiro atoms. The van der Waals surface area contributed by atoms with Gasteiger partial charge in [-0.2, -0.15) is 0 Å². The van der Waals surface area contributed by atoms with E-state index in [9.17, 15) is 4.79 Å². The van der Waals surface area contributed by atoms with Crippen LogP contribution in [0.5, 0.6) is 0 Å². The molecule has 1 aliphatic heterocycles. The normalized spacial score (nSPS) is 16.8. The first-order valence-corrected chi connectivity index (χ1v) is 6.12. The molecule has 0 aliphatic carbocycles. The van der Waals surface area contributed by atoms with Crippen LogP contribution >= 0.6 is 0 Å². The van der Waals surface area contributed by atoms with Crippen LogP contribution in [0.2, 0.25) is 0 Å². The number of nitrogens with one attached hydrogen (secondary N) is 1. The summed E-state index contributed by atoms with van der Waals surface area (Å²) in [6.07, 6.45) is 2.18. The fraction of sp³-hybridized carbons (Fsp3) is 0.500. The summed E-state index contributed by atoms with van der Waals surface area (Å²) in [4.78, 5) is 11.8. The molecule has 1 fully saturated rings. The number of ether oxygens (including phenoxy) is 1. The molecule has 0 unspecified atom stereocenters. The highest BCUT2D eigenvalue weighted by molar-refractivity contribution is 5.91. The summed E-state index contributed by atoms with van der Waals surface area (Å²) in [6.45, 7) is 4.12. The monoisotopic (exact) mass is 233 g/mol. The molecule has 2 rings (SSSR count). The third-order valence-electron chi connectivity index (χ3n) is 3.39. The zero-order chi connectivity index (χ0) is 12.3. The minimum absolute atomic E-state index is 0.224. The Morgan fingerprint density at radius 3 is 2.71 bits per heavy atom. The Labute approximate surface area is 102 Å². The van der Waals surface area contributed by atoms with E-state index in [0.29, 0.717) is 5.92 Å². The third kappa shape index (κ3) is 2.67. The first-order chi connectivity index (χ1) is 8.22. The average Bonchev–Trinajstić information content (AvgIpc) is 2.39. The SMILES string of the molecule is COC(=O)c1ccc(C)cc1C1CCNCC1. The van der Waals surface area contributed by atoms with Gasteiger partial charge in [-0.05, 0) is 50.4 Å². The van der Waals surface area contributed by atoms with Crippen LogP contribution in [0, 0.1) is 6.92 Å². The molecule has 0 radical (unpaired) electrons. The molecule has 0 atom stereocenters. The van der Waals surface area contributed by atoms with Gasteiger partial charge in [0.05, 0.1) is 12.7 Å². The Morgan fingerprint density at radius 2 is 2.06 bits per heavy atom. The van der Waals surface area contributed by atoms with Crippen molar-refractivity contribution in [1.82, 2.24) is 5.32 Å². The lowest BCUT2D eigenvalue weighted by Crippen LogP contribution is -2.27. The smallest absolute Gasteiger partial charge is 0.338 e. The van der Waals surface area contributed by atoms with Crippen molar-refractivity contribution >= 4 is 5.97 Å². The molecule has 1 saturated heterocycles. The van der Waals surface area contributed by atoms with Crippen molar-refractivity contribution in [1.29, 1.82) is 0 Å². The summed E-state index contributed by atoms with van der Waals surface area (Å²) >= 11 is 0. The summed E-state index contributed by atoms with van der Waals surface area (Å²) in [5, 5.41) is 3.35. The third-order valence-corrected chi connectivity index (χ3v) is 3.39. The molecule has 0 saturated carbocycles. The Balaban J connectivity index is 2.35. The number of methoxy groups -OCH3 is 1. The number of carbonyl (C=O) groups excluding carboxylic acids is 1. The van der Waals surface area contributed by atoms with Crippen LogP contribution in [0.25, 0.3) is 0 Å². The Hall–Kier alpha value is -1.35. The molecule has 1 aromatic rings. The summed E-state index contributed by atoms with van der Waals surface area (Å²) in [5.74, 6) is 0.254. The van der Waals surface area contributed by atoms with Gasteiger partial charge >= 0.3 is 5.97 Å². The molecule has 0 bridgehead atoms. The van der Waals surface area contributed by atoms with Gasteiger partial charge in [0.2, 0.25) is 0 Å². The second-order valence-electron chi connectivity index (χ2n) is 4.61. The van der Waals surface area contributed by atoms with Gasteiger partial charge in [0.25, 0.3) is 0 Å². The standard InChI is InChI=1S/C14H19NO2/c1-10-3-4-12(14(16)17-2)13(9-10)11-5-7-15-8-6-11/h3-4,9,11,15H,5-8H2,1-2H3. The van der Waals surface area contributed by atoms with Crippen LogP contribution < -0.4 is 5.32 Å². The van der Waals surface area contributed by atoms with E-state index in [0.717, 1.165) is 37.1 Å². The molecular weight excluding hydrogens is 214 g/mol. The van der Waals surface area contributed by atoms with Crippen molar-refractivity contribution in [2.45, 2.75) is 25.7 Å². The van der Waals surface area contributed by atoms with Crippen molar-refractivity contribution in [3.05, 3.63) is 34.9 Å². The maximum absolute atomic E-state index is 11.8. The maximum atomic E-state index is 11.8. The first-order valence-electron chi connectivity index (χ1n) is 6.12. The first kappa shape index (κ1) is 12.1. The van der Waals surface area contributed by atoms with E-state index >= 15 is 0 Å². The lowest BCUT2D eigenvalue weighted by Gasteiger charge is -2.24. The van der Waals surface area contributed by atoms with Crippen molar-refractivity contribution < 1.29 is 9.53 Å². The maximum Gasteiger partial charge on any atom is 0.338 e. The van der Waals surface area contributed by atoms with Crippen LogP contribution in [0.15, 0.2) is 18.2 Å². The number of aryl methyl sites for hydroxylation is 1. The van der Waals surface area contributed by atoms with Gasteiger partial charge in [-0.1, -0.05) is 17.7 Å². The topological polar surface area (TPSA) is 38.3 Å².